The number of esters is 1. The SMILES string of the molecule is COC(=O)c1ccc([C@@H]2C(=C(O)c3ccncc3)C(=O)C(=O)N2CCCN(C)C)cc1. The number of pyridine rings is 1. The zero-order valence-corrected chi connectivity index (χ0v) is 17.7. The van der Waals surface area contributed by atoms with Crippen LogP contribution in [0.15, 0.2) is 54.4 Å². The first kappa shape index (κ1) is 22.2. The molecular weight excluding hydrogens is 398 g/mol. The van der Waals surface area contributed by atoms with Gasteiger partial charge in [0.1, 0.15) is 5.76 Å². The summed E-state index contributed by atoms with van der Waals surface area (Å²) < 4.78 is 4.73. The van der Waals surface area contributed by atoms with Crippen molar-refractivity contribution in [3.05, 3.63) is 71.1 Å². The molecule has 0 radical (unpaired) electrons. The lowest BCUT2D eigenvalue weighted by Crippen LogP contribution is -2.32. The molecule has 0 aliphatic carbocycles. The van der Waals surface area contributed by atoms with Gasteiger partial charge in [-0.2, -0.15) is 0 Å². The van der Waals surface area contributed by atoms with E-state index in [-0.39, 0.29) is 11.3 Å². The molecule has 0 spiro atoms. The standard InChI is InChI=1S/C23H25N3O5/c1-25(2)13-4-14-26-19(15-5-7-17(8-6-15)23(30)31-3)18(21(28)22(26)29)20(27)16-9-11-24-12-10-16/h5-12,19,27H,4,13-14H2,1-3H3/t19-/m1/s1. The van der Waals surface area contributed by atoms with Crippen molar-refractivity contribution < 1.29 is 24.2 Å². The van der Waals surface area contributed by atoms with Gasteiger partial charge in [0.05, 0.1) is 24.3 Å². The van der Waals surface area contributed by atoms with Crippen molar-refractivity contribution in [3.8, 4) is 0 Å². The molecule has 1 aliphatic heterocycles. The van der Waals surface area contributed by atoms with Crippen LogP contribution in [0.4, 0.5) is 0 Å². The Morgan fingerprint density at radius 3 is 2.32 bits per heavy atom. The molecule has 1 aromatic heterocycles. The number of benzene rings is 1. The number of aromatic nitrogens is 1. The predicted octanol–water partition coefficient (Wildman–Crippen LogP) is 2.24. The molecule has 3 rings (SSSR count). The second-order valence-electron chi connectivity index (χ2n) is 7.50. The number of carbonyl (C=O) groups is 3. The molecule has 1 aliphatic rings. The van der Waals surface area contributed by atoms with Crippen molar-refractivity contribution in [2.75, 3.05) is 34.3 Å². The summed E-state index contributed by atoms with van der Waals surface area (Å²) in [6.45, 7) is 1.08. The van der Waals surface area contributed by atoms with Crippen molar-refractivity contribution in [3.63, 3.8) is 0 Å². The van der Waals surface area contributed by atoms with Crippen LogP contribution in [0.25, 0.3) is 5.76 Å². The number of hydrogen-bond acceptors (Lipinski definition) is 7. The van der Waals surface area contributed by atoms with Gasteiger partial charge in [-0.3, -0.25) is 14.6 Å². The van der Waals surface area contributed by atoms with E-state index >= 15 is 0 Å². The summed E-state index contributed by atoms with van der Waals surface area (Å²) in [5.41, 5.74) is 1.39. The Hall–Kier alpha value is -3.52. The van der Waals surface area contributed by atoms with Gasteiger partial charge in [-0.1, -0.05) is 12.1 Å². The average molecular weight is 423 g/mol. The maximum Gasteiger partial charge on any atom is 0.337 e. The zero-order valence-electron chi connectivity index (χ0n) is 17.7. The van der Waals surface area contributed by atoms with E-state index in [1.165, 1.54) is 24.4 Å². The van der Waals surface area contributed by atoms with Gasteiger partial charge in [-0.15, -0.1) is 0 Å². The van der Waals surface area contributed by atoms with Crippen LogP contribution in [0.2, 0.25) is 0 Å². The van der Waals surface area contributed by atoms with Crippen molar-refractivity contribution in [1.82, 2.24) is 14.8 Å². The quantitative estimate of drug-likeness (QED) is 0.315. The Kier molecular flexibility index (Phi) is 6.81. The Morgan fingerprint density at radius 2 is 1.74 bits per heavy atom. The Balaban J connectivity index is 2.07. The summed E-state index contributed by atoms with van der Waals surface area (Å²) in [6.07, 6.45) is 3.66. The molecule has 1 saturated heterocycles. The number of Topliss-reactive ketones (excluding diaryl/α,β-unsaturated/α-hetero) is 1. The lowest BCUT2D eigenvalue weighted by Gasteiger charge is -2.26. The van der Waals surface area contributed by atoms with Gasteiger partial charge in [-0.25, -0.2) is 4.79 Å². The third-order valence-corrected chi connectivity index (χ3v) is 5.15. The van der Waals surface area contributed by atoms with Crippen molar-refractivity contribution >= 4 is 23.4 Å². The average Bonchev–Trinajstić information content (AvgIpc) is 3.03. The fourth-order valence-electron chi connectivity index (χ4n) is 3.60. The molecule has 1 fully saturated rings. The van der Waals surface area contributed by atoms with Crippen LogP contribution in [-0.4, -0.2) is 71.8 Å². The Morgan fingerprint density at radius 1 is 1.10 bits per heavy atom. The monoisotopic (exact) mass is 423 g/mol. The fraction of sp³-hybridized carbons (Fsp3) is 0.304. The van der Waals surface area contributed by atoms with Crippen LogP contribution in [0, 0.1) is 0 Å². The maximum absolute atomic E-state index is 12.9. The number of rotatable bonds is 7. The number of nitrogens with zero attached hydrogens (tertiary/aromatic N) is 3. The highest BCUT2D eigenvalue weighted by molar-refractivity contribution is 6.46. The van der Waals surface area contributed by atoms with E-state index in [9.17, 15) is 19.5 Å². The highest BCUT2D eigenvalue weighted by Gasteiger charge is 2.45. The van der Waals surface area contributed by atoms with Crippen LogP contribution < -0.4 is 0 Å². The third-order valence-electron chi connectivity index (χ3n) is 5.15. The highest BCUT2D eigenvalue weighted by Crippen LogP contribution is 2.39. The molecule has 0 saturated carbocycles. The van der Waals surface area contributed by atoms with E-state index in [1.54, 1.807) is 36.4 Å². The third kappa shape index (κ3) is 4.64. The Labute approximate surface area is 180 Å². The molecule has 0 unspecified atom stereocenters. The second-order valence-corrected chi connectivity index (χ2v) is 7.50. The topological polar surface area (TPSA) is 100 Å². The molecule has 0 bridgehead atoms. The minimum Gasteiger partial charge on any atom is -0.507 e. The summed E-state index contributed by atoms with van der Waals surface area (Å²) in [6, 6.07) is 8.88. The van der Waals surface area contributed by atoms with Gasteiger partial charge in [0.25, 0.3) is 11.7 Å². The number of carbonyl (C=O) groups excluding carboxylic acids is 3. The Bertz CT molecular complexity index is 1000. The first-order chi connectivity index (χ1) is 14.8. The van der Waals surface area contributed by atoms with Gasteiger partial charge >= 0.3 is 5.97 Å². The summed E-state index contributed by atoms with van der Waals surface area (Å²) in [5.74, 6) is -2.13. The molecular formula is C23H25N3O5. The maximum atomic E-state index is 12.9. The van der Waals surface area contributed by atoms with Crippen molar-refractivity contribution in [2.24, 2.45) is 0 Å². The summed E-state index contributed by atoms with van der Waals surface area (Å²) in [5, 5.41) is 10.9. The van der Waals surface area contributed by atoms with E-state index in [1.807, 2.05) is 19.0 Å². The molecule has 1 N–H and O–H groups in total. The summed E-state index contributed by atoms with van der Waals surface area (Å²) in [7, 11) is 5.16. The van der Waals surface area contributed by atoms with E-state index in [0.717, 1.165) is 6.54 Å². The number of aliphatic hydroxyl groups is 1. The largest absolute Gasteiger partial charge is 0.507 e. The molecule has 162 valence electrons. The number of ketones is 1. The lowest BCUT2D eigenvalue weighted by atomic mass is 9.95. The van der Waals surface area contributed by atoms with Crippen molar-refractivity contribution in [2.45, 2.75) is 12.5 Å². The molecule has 31 heavy (non-hydrogen) atoms. The fourth-order valence-corrected chi connectivity index (χ4v) is 3.60. The molecule has 1 aromatic carbocycles. The van der Waals surface area contributed by atoms with Crippen LogP contribution in [-0.2, 0) is 14.3 Å². The van der Waals surface area contributed by atoms with Crippen LogP contribution in [0.1, 0.15) is 33.9 Å². The van der Waals surface area contributed by atoms with E-state index < -0.39 is 23.7 Å². The lowest BCUT2D eigenvalue weighted by molar-refractivity contribution is -0.139. The first-order valence-corrected chi connectivity index (χ1v) is 9.87. The van der Waals surface area contributed by atoms with Crippen molar-refractivity contribution in [1.29, 1.82) is 0 Å². The molecule has 2 heterocycles. The normalized spacial score (nSPS) is 17.9. The van der Waals surface area contributed by atoms with E-state index in [2.05, 4.69) is 4.98 Å². The van der Waals surface area contributed by atoms with Crippen LogP contribution >= 0.6 is 0 Å². The minimum absolute atomic E-state index is 0.0203. The summed E-state index contributed by atoms with van der Waals surface area (Å²) >= 11 is 0. The van der Waals surface area contributed by atoms with Gasteiger partial charge in [0.2, 0.25) is 0 Å². The molecule has 8 nitrogen and oxygen atoms in total. The van der Waals surface area contributed by atoms with Gasteiger partial charge in [0, 0.05) is 24.5 Å². The van der Waals surface area contributed by atoms with Gasteiger partial charge in [-0.05, 0) is 56.9 Å². The number of amides is 1. The molecule has 8 heteroatoms. The van der Waals surface area contributed by atoms with Gasteiger partial charge < -0.3 is 19.6 Å². The molecule has 1 amide bonds. The van der Waals surface area contributed by atoms with E-state index in [4.69, 9.17) is 4.74 Å². The van der Waals surface area contributed by atoms with Crippen LogP contribution in [0.3, 0.4) is 0 Å². The van der Waals surface area contributed by atoms with Crippen LogP contribution in [0.5, 0.6) is 0 Å². The smallest absolute Gasteiger partial charge is 0.337 e. The number of methoxy groups -OCH3 is 1. The minimum atomic E-state index is -0.762. The molecule has 2 aromatic rings. The zero-order chi connectivity index (χ0) is 22.5. The predicted molar refractivity (Wildman–Crippen MR) is 114 cm³/mol. The first-order valence-electron chi connectivity index (χ1n) is 9.87. The highest BCUT2D eigenvalue weighted by atomic mass is 16.5. The molecule has 1 atom stereocenters. The number of ether oxygens (including phenoxy) is 1. The number of hydrogen-bond donors (Lipinski definition) is 1. The number of likely N-dealkylation sites (tertiary alicyclic amines) is 1. The second kappa shape index (κ2) is 9.53. The number of aliphatic hydroxyl groups excluding tert-OH is 1. The van der Waals surface area contributed by atoms with E-state index in [0.29, 0.717) is 29.7 Å². The van der Waals surface area contributed by atoms with Gasteiger partial charge in [0.15, 0.2) is 0 Å². The summed E-state index contributed by atoms with van der Waals surface area (Å²) in [4.78, 5) is 45.0.